The molecule has 0 aromatic heterocycles. The molecule has 1 aliphatic heterocycles. The van der Waals surface area contributed by atoms with Crippen molar-refractivity contribution in [3.8, 4) is 0 Å². The van der Waals surface area contributed by atoms with Crippen LogP contribution in [-0.4, -0.2) is 37.1 Å². The van der Waals surface area contributed by atoms with Gasteiger partial charge >= 0.3 is 0 Å². The first-order chi connectivity index (χ1) is 7.18. The van der Waals surface area contributed by atoms with E-state index in [1.165, 1.54) is 45.4 Å². The standard InChI is InChI=1S/C13H26N2/c1-4-12-9-14-7-8-15(12)10-13(5-6-13)11(2)3/h11-12,14H,4-10H2,1-3H3. The summed E-state index contributed by atoms with van der Waals surface area (Å²) >= 11 is 0. The zero-order valence-corrected chi connectivity index (χ0v) is 10.6. The summed E-state index contributed by atoms with van der Waals surface area (Å²) in [6.07, 6.45) is 4.22. The fraction of sp³-hybridized carbons (Fsp3) is 1.00. The average Bonchev–Trinajstić information content (AvgIpc) is 3.00. The van der Waals surface area contributed by atoms with Crippen molar-refractivity contribution >= 4 is 0 Å². The first kappa shape index (κ1) is 11.4. The molecule has 0 amide bonds. The maximum absolute atomic E-state index is 3.51. The van der Waals surface area contributed by atoms with E-state index in [4.69, 9.17) is 0 Å². The first-order valence-electron chi connectivity index (χ1n) is 6.63. The molecule has 0 radical (unpaired) electrons. The first-order valence-corrected chi connectivity index (χ1v) is 6.63. The molecular formula is C13H26N2. The maximum atomic E-state index is 3.51. The summed E-state index contributed by atoms with van der Waals surface area (Å²) in [5.41, 5.74) is 0.685. The van der Waals surface area contributed by atoms with Crippen LogP contribution in [0.25, 0.3) is 0 Å². The quantitative estimate of drug-likeness (QED) is 0.764. The molecule has 1 heterocycles. The Kier molecular flexibility index (Phi) is 3.36. The zero-order valence-electron chi connectivity index (χ0n) is 10.6. The molecule has 2 fully saturated rings. The zero-order chi connectivity index (χ0) is 10.9. The van der Waals surface area contributed by atoms with Gasteiger partial charge in [-0.3, -0.25) is 4.90 Å². The van der Waals surface area contributed by atoms with Crippen LogP contribution in [-0.2, 0) is 0 Å². The maximum Gasteiger partial charge on any atom is 0.0218 e. The lowest BCUT2D eigenvalue weighted by atomic mass is 9.91. The predicted octanol–water partition coefficient (Wildman–Crippen LogP) is 2.11. The number of rotatable bonds is 4. The highest BCUT2D eigenvalue weighted by molar-refractivity contribution is 4.99. The fourth-order valence-corrected chi connectivity index (χ4v) is 2.90. The molecule has 0 aromatic carbocycles. The lowest BCUT2D eigenvalue weighted by Gasteiger charge is -2.39. The van der Waals surface area contributed by atoms with E-state index in [9.17, 15) is 0 Å². The van der Waals surface area contributed by atoms with Crippen LogP contribution in [0.3, 0.4) is 0 Å². The van der Waals surface area contributed by atoms with Gasteiger partial charge in [-0.2, -0.15) is 0 Å². The Labute approximate surface area is 94.4 Å². The van der Waals surface area contributed by atoms with E-state index < -0.39 is 0 Å². The van der Waals surface area contributed by atoms with Gasteiger partial charge in [0.25, 0.3) is 0 Å². The van der Waals surface area contributed by atoms with Gasteiger partial charge in [-0.05, 0) is 30.6 Å². The van der Waals surface area contributed by atoms with Crippen LogP contribution in [0.4, 0.5) is 0 Å². The third-order valence-corrected chi connectivity index (χ3v) is 4.58. The lowest BCUT2D eigenvalue weighted by molar-refractivity contribution is 0.110. The Bertz CT molecular complexity index is 209. The van der Waals surface area contributed by atoms with E-state index in [2.05, 4.69) is 31.0 Å². The highest BCUT2D eigenvalue weighted by Crippen LogP contribution is 2.52. The number of hydrogen-bond acceptors (Lipinski definition) is 2. The number of nitrogens with one attached hydrogen (secondary N) is 1. The van der Waals surface area contributed by atoms with Gasteiger partial charge in [-0.15, -0.1) is 0 Å². The molecule has 1 atom stereocenters. The van der Waals surface area contributed by atoms with Gasteiger partial charge in [0, 0.05) is 32.2 Å². The number of piperazine rings is 1. The minimum atomic E-state index is 0.685. The van der Waals surface area contributed by atoms with Crippen LogP contribution in [0.15, 0.2) is 0 Å². The molecule has 0 spiro atoms. The van der Waals surface area contributed by atoms with E-state index in [0.29, 0.717) is 5.41 Å². The van der Waals surface area contributed by atoms with Crippen molar-refractivity contribution < 1.29 is 0 Å². The molecule has 1 unspecified atom stereocenters. The second-order valence-corrected chi connectivity index (χ2v) is 5.75. The highest BCUT2D eigenvalue weighted by Gasteiger charge is 2.47. The largest absolute Gasteiger partial charge is 0.314 e. The number of nitrogens with zero attached hydrogens (tertiary/aromatic N) is 1. The third-order valence-electron chi connectivity index (χ3n) is 4.58. The minimum absolute atomic E-state index is 0.685. The van der Waals surface area contributed by atoms with Crippen molar-refractivity contribution in [1.82, 2.24) is 10.2 Å². The van der Waals surface area contributed by atoms with E-state index in [1.54, 1.807) is 0 Å². The van der Waals surface area contributed by atoms with Crippen molar-refractivity contribution in [3.63, 3.8) is 0 Å². The Balaban J connectivity index is 1.92. The number of hydrogen-bond donors (Lipinski definition) is 1. The molecule has 2 nitrogen and oxygen atoms in total. The second-order valence-electron chi connectivity index (χ2n) is 5.75. The molecule has 15 heavy (non-hydrogen) atoms. The average molecular weight is 210 g/mol. The van der Waals surface area contributed by atoms with Crippen molar-refractivity contribution in [2.24, 2.45) is 11.3 Å². The van der Waals surface area contributed by atoms with Gasteiger partial charge < -0.3 is 5.32 Å². The van der Waals surface area contributed by atoms with Crippen LogP contribution in [0.5, 0.6) is 0 Å². The molecule has 2 aliphatic rings. The van der Waals surface area contributed by atoms with Crippen LogP contribution >= 0.6 is 0 Å². The monoisotopic (exact) mass is 210 g/mol. The Morgan fingerprint density at radius 2 is 2.13 bits per heavy atom. The summed E-state index contributed by atoms with van der Waals surface area (Å²) in [4.78, 5) is 2.74. The van der Waals surface area contributed by atoms with Crippen LogP contribution in [0, 0.1) is 11.3 Å². The second kappa shape index (κ2) is 4.42. The smallest absolute Gasteiger partial charge is 0.0218 e. The highest BCUT2D eigenvalue weighted by atomic mass is 15.2. The topological polar surface area (TPSA) is 15.3 Å². The summed E-state index contributed by atoms with van der Waals surface area (Å²) in [6, 6.07) is 0.787. The summed E-state index contributed by atoms with van der Waals surface area (Å²) < 4.78 is 0. The molecule has 2 heteroatoms. The summed E-state index contributed by atoms with van der Waals surface area (Å²) in [5.74, 6) is 0.866. The van der Waals surface area contributed by atoms with Gasteiger partial charge in [0.15, 0.2) is 0 Å². The molecule has 2 rings (SSSR count). The van der Waals surface area contributed by atoms with E-state index in [0.717, 1.165) is 12.0 Å². The molecule has 1 N–H and O–H groups in total. The van der Waals surface area contributed by atoms with Crippen LogP contribution < -0.4 is 5.32 Å². The molecule has 88 valence electrons. The van der Waals surface area contributed by atoms with Crippen molar-refractivity contribution in [3.05, 3.63) is 0 Å². The van der Waals surface area contributed by atoms with E-state index in [1.807, 2.05) is 0 Å². The van der Waals surface area contributed by atoms with Gasteiger partial charge in [-0.1, -0.05) is 20.8 Å². The van der Waals surface area contributed by atoms with Crippen LogP contribution in [0.1, 0.15) is 40.0 Å². The summed E-state index contributed by atoms with van der Waals surface area (Å²) in [5, 5.41) is 3.51. The molecule has 1 aliphatic carbocycles. The summed E-state index contributed by atoms with van der Waals surface area (Å²) in [6.45, 7) is 12.1. The SMILES string of the molecule is CCC1CNCCN1CC1(C(C)C)CC1. The van der Waals surface area contributed by atoms with Gasteiger partial charge in [-0.25, -0.2) is 0 Å². The van der Waals surface area contributed by atoms with Crippen molar-refractivity contribution in [2.45, 2.75) is 46.1 Å². The van der Waals surface area contributed by atoms with Gasteiger partial charge in [0.1, 0.15) is 0 Å². The minimum Gasteiger partial charge on any atom is -0.314 e. The molecule has 1 saturated carbocycles. The Morgan fingerprint density at radius 3 is 2.67 bits per heavy atom. The van der Waals surface area contributed by atoms with Gasteiger partial charge in [0.05, 0.1) is 0 Å². The lowest BCUT2D eigenvalue weighted by Crippen LogP contribution is -2.53. The molecule has 0 aromatic rings. The third kappa shape index (κ3) is 2.36. The normalized spacial score (nSPS) is 30.8. The van der Waals surface area contributed by atoms with E-state index >= 15 is 0 Å². The predicted molar refractivity (Wildman–Crippen MR) is 65.0 cm³/mol. The van der Waals surface area contributed by atoms with Crippen molar-refractivity contribution in [1.29, 1.82) is 0 Å². The Morgan fingerprint density at radius 1 is 1.40 bits per heavy atom. The molecule has 1 saturated heterocycles. The molecular weight excluding hydrogens is 184 g/mol. The molecule has 0 bridgehead atoms. The Hall–Kier alpha value is -0.0800. The van der Waals surface area contributed by atoms with Gasteiger partial charge in [0.2, 0.25) is 0 Å². The van der Waals surface area contributed by atoms with Crippen molar-refractivity contribution in [2.75, 3.05) is 26.2 Å². The van der Waals surface area contributed by atoms with E-state index in [-0.39, 0.29) is 0 Å². The fourth-order valence-electron chi connectivity index (χ4n) is 2.90. The summed E-state index contributed by atoms with van der Waals surface area (Å²) in [7, 11) is 0. The van der Waals surface area contributed by atoms with Crippen LogP contribution in [0.2, 0.25) is 0 Å².